The number of carbonyl (C=O) groups excluding carboxylic acids is 3. The number of nitrogens with one attached hydrogen (secondary N) is 2. The van der Waals surface area contributed by atoms with E-state index in [1.807, 2.05) is 36.4 Å². The van der Waals surface area contributed by atoms with Crippen molar-refractivity contribution in [3.8, 4) is 11.3 Å². The second kappa shape index (κ2) is 10.2. The van der Waals surface area contributed by atoms with Crippen molar-refractivity contribution in [3.05, 3.63) is 87.6 Å². The molecule has 38 heavy (non-hydrogen) atoms. The van der Waals surface area contributed by atoms with E-state index in [-0.39, 0.29) is 24.8 Å². The van der Waals surface area contributed by atoms with Crippen LogP contribution in [0.2, 0.25) is 0 Å². The number of carbonyl (C=O) groups is 3. The van der Waals surface area contributed by atoms with Gasteiger partial charge in [-0.15, -0.1) is 11.3 Å². The molecular weight excluding hydrogens is 502 g/mol. The number of thiazole rings is 1. The van der Waals surface area contributed by atoms with Gasteiger partial charge in [0.1, 0.15) is 16.3 Å². The molecule has 9 nitrogen and oxygen atoms in total. The molecule has 0 spiro atoms. The summed E-state index contributed by atoms with van der Waals surface area (Å²) in [4.78, 5) is 52.3. The molecule has 10 heteroatoms. The lowest BCUT2D eigenvalue weighted by Gasteiger charge is -2.29. The van der Waals surface area contributed by atoms with Crippen LogP contribution in [0.25, 0.3) is 11.3 Å². The van der Waals surface area contributed by atoms with Crippen LogP contribution in [0.4, 0.5) is 10.6 Å². The minimum Gasteiger partial charge on any atom is -0.444 e. The third-order valence-corrected chi connectivity index (χ3v) is 6.74. The number of H-pyrrole nitrogens is 1. The predicted octanol–water partition coefficient (Wildman–Crippen LogP) is 5.31. The molecule has 0 aliphatic carbocycles. The SMILES string of the molecule is CC(C)(C)OC(=O)N1CC(=O)c2c([nH]c(-c3ccnc(NC(=O)c4cncs4)c3)c2Cc2ccccc2)C1. The van der Waals surface area contributed by atoms with Gasteiger partial charge in [-0.2, -0.15) is 0 Å². The Hall–Kier alpha value is -4.31. The summed E-state index contributed by atoms with van der Waals surface area (Å²) in [6.45, 7) is 5.54. The van der Waals surface area contributed by atoms with Crippen LogP contribution < -0.4 is 5.32 Å². The minimum atomic E-state index is -0.670. The molecule has 0 saturated carbocycles. The average Bonchev–Trinajstić information content (AvgIpc) is 3.53. The summed E-state index contributed by atoms with van der Waals surface area (Å²) in [6, 6.07) is 13.5. The van der Waals surface area contributed by atoms with Crippen molar-refractivity contribution < 1.29 is 19.1 Å². The molecule has 4 aromatic rings. The fourth-order valence-electron chi connectivity index (χ4n) is 4.39. The highest BCUT2D eigenvalue weighted by Gasteiger charge is 2.34. The maximum Gasteiger partial charge on any atom is 0.411 e. The Morgan fingerprint density at radius 1 is 1.16 bits per heavy atom. The Morgan fingerprint density at radius 3 is 2.66 bits per heavy atom. The zero-order chi connectivity index (χ0) is 26.9. The molecule has 0 unspecified atom stereocenters. The quantitative estimate of drug-likeness (QED) is 0.362. The van der Waals surface area contributed by atoms with E-state index in [1.54, 1.807) is 38.5 Å². The number of Topliss-reactive ketones (excluding diaryl/α,β-unsaturated/α-hetero) is 1. The highest BCUT2D eigenvalue weighted by atomic mass is 32.1. The van der Waals surface area contributed by atoms with E-state index in [1.165, 1.54) is 22.4 Å². The van der Waals surface area contributed by atoms with Gasteiger partial charge < -0.3 is 15.0 Å². The van der Waals surface area contributed by atoms with Gasteiger partial charge >= 0.3 is 6.09 Å². The summed E-state index contributed by atoms with van der Waals surface area (Å²) in [5.41, 5.74) is 5.56. The molecule has 5 rings (SSSR count). The van der Waals surface area contributed by atoms with E-state index in [0.29, 0.717) is 28.4 Å². The second-order valence-corrected chi connectivity index (χ2v) is 10.9. The average molecular weight is 530 g/mol. The number of anilines is 1. The fourth-order valence-corrected chi connectivity index (χ4v) is 4.90. The summed E-state index contributed by atoms with van der Waals surface area (Å²) >= 11 is 1.24. The molecule has 2 N–H and O–H groups in total. The van der Waals surface area contributed by atoms with Gasteiger partial charge in [-0.1, -0.05) is 30.3 Å². The standard InChI is InChI=1S/C28H27N5O4S/c1-28(2,3)37-27(36)33-14-20-24(21(34)15-33)19(11-17-7-5-4-6-8-17)25(31-20)18-9-10-30-23(12-18)32-26(35)22-13-29-16-38-22/h4-10,12-13,16,31H,11,14-15H2,1-3H3,(H,30,32,35). The molecule has 0 atom stereocenters. The molecule has 0 bridgehead atoms. The molecule has 4 heterocycles. The molecule has 1 aromatic carbocycles. The normalized spacial score (nSPS) is 13.2. The fraction of sp³-hybridized carbons (Fsp3) is 0.250. The lowest BCUT2D eigenvalue weighted by Crippen LogP contribution is -2.42. The van der Waals surface area contributed by atoms with Crippen molar-refractivity contribution in [2.24, 2.45) is 0 Å². The molecular formula is C28H27N5O4S. The van der Waals surface area contributed by atoms with Crippen LogP contribution in [0, 0.1) is 0 Å². The van der Waals surface area contributed by atoms with Crippen LogP contribution in [0.1, 0.15) is 57.6 Å². The highest BCUT2D eigenvalue weighted by molar-refractivity contribution is 7.11. The van der Waals surface area contributed by atoms with Crippen molar-refractivity contribution in [1.29, 1.82) is 0 Å². The zero-order valence-corrected chi connectivity index (χ0v) is 22.1. The topological polar surface area (TPSA) is 117 Å². The number of ketones is 1. The van der Waals surface area contributed by atoms with E-state index >= 15 is 0 Å². The minimum absolute atomic E-state index is 0.0620. The van der Waals surface area contributed by atoms with Crippen LogP contribution in [-0.2, 0) is 17.7 Å². The maximum atomic E-state index is 13.4. The first-order valence-electron chi connectivity index (χ1n) is 12.1. The summed E-state index contributed by atoms with van der Waals surface area (Å²) < 4.78 is 5.51. The Bertz CT molecular complexity index is 1490. The molecule has 2 amide bonds. The van der Waals surface area contributed by atoms with E-state index in [4.69, 9.17) is 4.74 Å². The van der Waals surface area contributed by atoms with Crippen LogP contribution in [0.3, 0.4) is 0 Å². The van der Waals surface area contributed by atoms with E-state index in [2.05, 4.69) is 20.3 Å². The van der Waals surface area contributed by atoms with Gasteiger partial charge in [0.15, 0.2) is 5.78 Å². The number of benzene rings is 1. The largest absolute Gasteiger partial charge is 0.444 e. The second-order valence-electron chi connectivity index (χ2n) is 10.0. The molecule has 0 radical (unpaired) electrons. The van der Waals surface area contributed by atoms with Gasteiger partial charge in [0.05, 0.1) is 30.5 Å². The van der Waals surface area contributed by atoms with Crippen molar-refractivity contribution in [2.75, 3.05) is 11.9 Å². The smallest absolute Gasteiger partial charge is 0.411 e. The summed E-state index contributed by atoms with van der Waals surface area (Å²) in [6.07, 6.45) is 3.10. The lowest BCUT2D eigenvalue weighted by molar-refractivity contribution is 0.0218. The number of rotatable bonds is 5. The number of hydrogen-bond donors (Lipinski definition) is 2. The van der Waals surface area contributed by atoms with Gasteiger partial charge in [-0.25, -0.2) is 9.78 Å². The van der Waals surface area contributed by atoms with Crippen molar-refractivity contribution in [3.63, 3.8) is 0 Å². The highest BCUT2D eigenvalue weighted by Crippen LogP contribution is 2.34. The Kier molecular flexibility index (Phi) is 6.81. The number of aromatic nitrogens is 3. The lowest BCUT2D eigenvalue weighted by atomic mass is 9.93. The molecule has 3 aromatic heterocycles. The third-order valence-electron chi connectivity index (χ3n) is 5.97. The van der Waals surface area contributed by atoms with Gasteiger partial charge in [-0.05, 0) is 44.0 Å². The molecule has 194 valence electrons. The van der Waals surface area contributed by atoms with Crippen molar-refractivity contribution >= 4 is 34.9 Å². The number of fused-ring (bicyclic) bond motifs is 1. The number of amides is 2. The van der Waals surface area contributed by atoms with Gasteiger partial charge in [0.2, 0.25) is 0 Å². The maximum absolute atomic E-state index is 13.4. The molecule has 1 aliphatic heterocycles. The first-order valence-corrected chi connectivity index (χ1v) is 13.0. The number of hydrogen-bond acceptors (Lipinski definition) is 7. The third kappa shape index (κ3) is 5.50. The van der Waals surface area contributed by atoms with Gasteiger partial charge in [-0.3, -0.25) is 19.5 Å². The number of aromatic amines is 1. The van der Waals surface area contributed by atoms with Gasteiger partial charge in [0.25, 0.3) is 5.91 Å². The first-order chi connectivity index (χ1) is 18.2. The predicted molar refractivity (Wildman–Crippen MR) is 144 cm³/mol. The molecule has 0 saturated heterocycles. The Labute approximate surface area is 223 Å². The van der Waals surface area contributed by atoms with Crippen LogP contribution in [0.15, 0.2) is 60.4 Å². The zero-order valence-electron chi connectivity index (χ0n) is 21.3. The first kappa shape index (κ1) is 25.3. The van der Waals surface area contributed by atoms with E-state index in [9.17, 15) is 14.4 Å². The summed E-state index contributed by atoms with van der Waals surface area (Å²) in [7, 11) is 0. The van der Waals surface area contributed by atoms with Crippen LogP contribution >= 0.6 is 11.3 Å². The Morgan fingerprint density at radius 2 is 1.95 bits per heavy atom. The van der Waals surface area contributed by atoms with Crippen molar-refractivity contribution in [2.45, 2.75) is 39.3 Å². The summed E-state index contributed by atoms with van der Waals surface area (Å²) in [5, 5.41) is 2.81. The molecule has 0 fully saturated rings. The monoisotopic (exact) mass is 529 g/mol. The van der Waals surface area contributed by atoms with E-state index in [0.717, 1.165) is 22.4 Å². The van der Waals surface area contributed by atoms with Crippen LogP contribution in [0.5, 0.6) is 0 Å². The molecule has 1 aliphatic rings. The Balaban J connectivity index is 1.52. The van der Waals surface area contributed by atoms with E-state index < -0.39 is 11.7 Å². The van der Waals surface area contributed by atoms with Crippen LogP contribution in [-0.4, -0.2) is 49.8 Å². The number of ether oxygens (including phenoxy) is 1. The van der Waals surface area contributed by atoms with Gasteiger partial charge in [0, 0.05) is 29.4 Å². The number of nitrogens with zero attached hydrogens (tertiary/aromatic N) is 3. The summed E-state index contributed by atoms with van der Waals surface area (Å²) in [5.74, 6) is -0.0743. The van der Waals surface area contributed by atoms with Crippen molar-refractivity contribution in [1.82, 2.24) is 19.9 Å². The number of pyridine rings is 1.